The minimum absolute atomic E-state index is 0.0313. The van der Waals surface area contributed by atoms with Gasteiger partial charge in [-0.05, 0) is 44.7 Å². The van der Waals surface area contributed by atoms with Crippen molar-refractivity contribution in [1.82, 2.24) is 24.9 Å². The molecule has 0 spiro atoms. The van der Waals surface area contributed by atoms with Gasteiger partial charge < -0.3 is 4.90 Å². The highest BCUT2D eigenvalue weighted by atomic mass is 19.1. The quantitative estimate of drug-likeness (QED) is 0.654. The number of aromatic nitrogens is 4. The highest BCUT2D eigenvalue weighted by molar-refractivity contribution is 6.01. The van der Waals surface area contributed by atoms with Crippen LogP contribution in [0.5, 0.6) is 0 Å². The van der Waals surface area contributed by atoms with Crippen molar-refractivity contribution in [3.05, 3.63) is 48.4 Å². The number of nitrogens with one attached hydrogen (secondary N) is 1. The number of hydrogen-bond acceptors (Lipinski definition) is 7. The highest BCUT2D eigenvalue weighted by Gasteiger charge is 2.54. The predicted molar refractivity (Wildman–Crippen MR) is 121 cm³/mol. The van der Waals surface area contributed by atoms with Crippen LogP contribution < -0.4 is 15.2 Å². The van der Waals surface area contributed by atoms with Crippen LogP contribution in [0.3, 0.4) is 0 Å². The first-order valence-electron chi connectivity index (χ1n) is 11.3. The summed E-state index contributed by atoms with van der Waals surface area (Å²) in [5, 5.41) is 4.53. The first kappa shape index (κ1) is 20.1. The maximum absolute atomic E-state index is 13.9. The van der Waals surface area contributed by atoms with Gasteiger partial charge in [-0.1, -0.05) is 6.92 Å². The van der Waals surface area contributed by atoms with Crippen LogP contribution in [0, 0.1) is 11.6 Å². The van der Waals surface area contributed by atoms with Crippen molar-refractivity contribution >= 4 is 17.3 Å². The van der Waals surface area contributed by atoms with E-state index >= 15 is 0 Å². The molecule has 8 nitrogen and oxygen atoms in total. The molecule has 33 heavy (non-hydrogen) atoms. The zero-order valence-corrected chi connectivity index (χ0v) is 18.5. The number of anilines is 2. The average Bonchev–Trinajstić information content (AvgIpc) is 3.46. The molecule has 0 aliphatic carbocycles. The van der Waals surface area contributed by atoms with Gasteiger partial charge in [0.25, 0.3) is 0 Å². The van der Waals surface area contributed by atoms with E-state index in [1.807, 2.05) is 6.92 Å². The molecule has 1 saturated heterocycles. The molecule has 5 heterocycles. The van der Waals surface area contributed by atoms with Crippen LogP contribution in [-0.4, -0.2) is 43.6 Å². The summed E-state index contributed by atoms with van der Waals surface area (Å²) in [6.45, 7) is 5.10. The normalized spacial score (nSPS) is 23.5. The highest BCUT2D eigenvalue weighted by Crippen LogP contribution is 2.48. The average molecular weight is 450 g/mol. The Morgan fingerprint density at radius 3 is 2.76 bits per heavy atom. The van der Waals surface area contributed by atoms with Crippen LogP contribution in [0.25, 0.3) is 17.3 Å². The Morgan fingerprint density at radius 2 is 1.97 bits per heavy atom. The van der Waals surface area contributed by atoms with Gasteiger partial charge in [0.2, 0.25) is 5.95 Å². The zero-order valence-electron chi connectivity index (χ0n) is 18.5. The molecular formula is C23H24F2N8. The molecule has 170 valence electrons. The number of nitrogens with zero attached hydrogens (tertiary/aromatic N) is 7. The molecule has 0 radical (unpaired) electrons. The zero-order chi connectivity index (χ0) is 22.7. The summed E-state index contributed by atoms with van der Waals surface area (Å²) in [7, 11) is 0. The molecule has 1 unspecified atom stereocenters. The number of imidazole rings is 1. The van der Waals surface area contributed by atoms with Gasteiger partial charge in [0.1, 0.15) is 35.1 Å². The lowest BCUT2D eigenvalue weighted by Gasteiger charge is -2.56. The lowest BCUT2D eigenvalue weighted by molar-refractivity contribution is 0.221. The molecule has 1 aromatic carbocycles. The SMILES string of the molecule is CC[C@@]12CCCCN1c1nc(-n3ccnc3-c3cc(F)cc(F)c3)ncc1N1C(C)=NNC12. The van der Waals surface area contributed by atoms with Crippen LogP contribution in [0.4, 0.5) is 20.3 Å². The van der Waals surface area contributed by atoms with Crippen molar-refractivity contribution in [1.29, 1.82) is 0 Å². The molecule has 0 saturated carbocycles. The Labute approximate surface area is 190 Å². The Morgan fingerprint density at radius 1 is 1.15 bits per heavy atom. The van der Waals surface area contributed by atoms with Crippen LogP contribution >= 0.6 is 0 Å². The first-order chi connectivity index (χ1) is 16.0. The van der Waals surface area contributed by atoms with E-state index in [0.717, 1.165) is 55.6 Å². The fourth-order valence-electron chi connectivity index (χ4n) is 5.55. The van der Waals surface area contributed by atoms with Gasteiger partial charge in [-0.2, -0.15) is 10.1 Å². The van der Waals surface area contributed by atoms with E-state index in [2.05, 4.69) is 37.2 Å². The van der Waals surface area contributed by atoms with Crippen molar-refractivity contribution in [3.8, 4) is 17.3 Å². The van der Waals surface area contributed by atoms with Gasteiger partial charge >= 0.3 is 0 Å². The largest absolute Gasteiger partial charge is 0.345 e. The van der Waals surface area contributed by atoms with Gasteiger partial charge in [0.15, 0.2) is 5.82 Å². The number of benzene rings is 1. The van der Waals surface area contributed by atoms with E-state index in [-0.39, 0.29) is 11.7 Å². The lowest BCUT2D eigenvalue weighted by atomic mass is 9.79. The molecule has 3 aliphatic heterocycles. The summed E-state index contributed by atoms with van der Waals surface area (Å²) < 4.78 is 29.4. The number of halogens is 2. The number of hydrazone groups is 1. The Kier molecular flexibility index (Phi) is 4.40. The molecule has 10 heteroatoms. The van der Waals surface area contributed by atoms with Crippen LogP contribution in [0.15, 0.2) is 41.9 Å². The van der Waals surface area contributed by atoms with E-state index in [4.69, 9.17) is 4.98 Å². The fourth-order valence-corrected chi connectivity index (χ4v) is 5.55. The lowest BCUT2D eigenvalue weighted by Crippen LogP contribution is -2.69. The molecule has 3 aliphatic rings. The molecule has 3 aromatic rings. The second-order valence-electron chi connectivity index (χ2n) is 8.78. The van der Waals surface area contributed by atoms with E-state index in [0.29, 0.717) is 17.3 Å². The number of hydrogen-bond donors (Lipinski definition) is 1. The van der Waals surface area contributed by atoms with Gasteiger partial charge in [-0.25, -0.2) is 18.7 Å². The van der Waals surface area contributed by atoms with Gasteiger partial charge in [0, 0.05) is 30.6 Å². The van der Waals surface area contributed by atoms with Crippen LogP contribution in [0.2, 0.25) is 0 Å². The smallest absolute Gasteiger partial charge is 0.237 e. The molecule has 0 amide bonds. The van der Waals surface area contributed by atoms with Gasteiger partial charge in [-0.3, -0.25) is 14.9 Å². The van der Waals surface area contributed by atoms with Crippen molar-refractivity contribution in [2.75, 3.05) is 16.3 Å². The maximum atomic E-state index is 13.9. The number of amidine groups is 1. The van der Waals surface area contributed by atoms with Crippen molar-refractivity contribution in [2.45, 2.75) is 51.2 Å². The van der Waals surface area contributed by atoms with E-state index < -0.39 is 11.6 Å². The predicted octanol–water partition coefficient (Wildman–Crippen LogP) is 3.83. The van der Waals surface area contributed by atoms with E-state index in [9.17, 15) is 8.78 Å². The molecule has 2 aromatic heterocycles. The third kappa shape index (κ3) is 2.86. The molecule has 6 rings (SSSR count). The molecule has 2 atom stereocenters. The molecule has 0 bridgehead atoms. The summed E-state index contributed by atoms with van der Waals surface area (Å²) in [5.74, 6) is 1.20. The third-order valence-corrected chi connectivity index (χ3v) is 7.09. The van der Waals surface area contributed by atoms with Crippen molar-refractivity contribution in [3.63, 3.8) is 0 Å². The van der Waals surface area contributed by atoms with Crippen molar-refractivity contribution in [2.24, 2.45) is 5.10 Å². The van der Waals surface area contributed by atoms with Crippen LogP contribution in [0.1, 0.15) is 39.5 Å². The van der Waals surface area contributed by atoms with Crippen molar-refractivity contribution < 1.29 is 8.78 Å². The Bertz CT molecular complexity index is 1250. The molecule has 1 N–H and O–H groups in total. The molecular weight excluding hydrogens is 426 g/mol. The maximum Gasteiger partial charge on any atom is 0.237 e. The first-order valence-corrected chi connectivity index (χ1v) is 11.3. The number of rotatable bonds is 3. The second-order valence-corrected chi connectivity index (χ2v) is 8.78. The second kappa shape index (κ2) is 7.23. The van der Waals surface area contributed by atoms with Crippen LogP contribution in [-0.2, 0) is 0 Å². The third-order valence-electron chi connectivity index (χ3n) is 7.09. The fraction of sp³-hybridized carbons (Fsp3) is 0.391. The summed E-state index contributed by atoms with van der Waals surface area (Å²) in [6, 6.07) is 3.36. The topological polar surface area (TPSA) is 74.5 Å². The van der Waals surface area contributed by atoms with Gasteiger partial charge in [-0.15, -0.1) is 0 Å². The van der Waals surface area contributed by atoms with E-state index in [1.165, 1.54) is 12.1 Å². The Hall–Kier alpha value is -3.56. The molecule has 1 fully saturated rings. The van der Waals surface area contributed by atoms with E-state index in [1.54, 1.807) is 23.2 Å². The summed E-state index contributed by atoms with van der Waals surface area (Å²) >= 11 is 0. The summed E-state index contributed by atoms with van der Waals surface area (Å²) in [5.41, 5.74) is 4.44. The summed E-state index contributed by atoms with van der Waals surface area (Å²) in [6.07, 6.45) is 9.35. The van der Waals surface area contributed by atoms with Gasteiger partial charge in [0.05, 0.1) is 11.7 Å². The Balaban J connectivity index is 1.50. The number of piperidine rings is 1. The number of fused-ring (bicyclic) bond motifs is 6. The standard InChI is InChI=1S/C23H24F2N8/c1-3-23-6-4-5-8-32(23)20-18(33-14(2)29-30-21(23)33)13-27-22(28-20)31-9-7-26-19(31)15-10-16(24)12-17(25)11-15/h7,9-13,21,30H,3-6,8H2,1-2H3/t21?,23-/m0/s1. The summed E-state index contributed by atoms with van der Waals surface area (Å²) in [4.78, 5) is 18.5. The monoisotopic (exact) mass is 450 g/mol. The minimum Gasteiger partial charge on any atom is -0.345 e. The minimum atomic E-state index is -0.658.